The molecule has 142 valence electrons. The molecule has 6 nitrogen and oxygen atoms in total. The summed E-state index contributed by atoms with van der Waals surface area (Å²) in [5.74, 6) is -0.742. The van der Waals surface area contributed by atoms with E-state index in [9.17, 15) is 19.1 Å². The van der Waals surface area contributed by atoms with E-state index < -0.39 is 12.1 Å². The molecule has 0 aromatic heterocycles. The SMILES string of the molecule is CC(=O)Nc1ccc([C@H]2OCC(=O)N(Cc3ccc(F)cc3)[C@@H]2CO)cc1. The first-order valence-corrected chi connectivity index (χ1v) is 8.62. The molecule has 2 amide bonds. The predicted octanol–water partition coefficient (Wildman–Crippen LogP) is 2.25. The van der Waals surface area contributed by atoms with Gasteiger partial charge in [0.25, 0.3) is 0 Å². The number of amides is 2. The minimum Gasteiger partial charge on any atom is -0.394 e. The maximum absolute atomic E-state index is 13.1. The van der Waals surface area contributed by atoms with Crippen LogP contribution in [0.3, 0.4) is 0 Å². The zero-order chi connectivity index (χ0) is 19.4. The number of ether oxygens (including phenoxy) is 1. The lowest BCUT2D eigenvalue weighted by molar-refractivity contribution is -0.162. The first-order valence-electron chi connectivity index (χ1n) is 8.62. The van der Waals surface area contributed by atoms with Crippen LogP contribution in [0.1, 0.15) is 24.2 Å². The standard InChI is InChI=1S/C20H21FN2O4/c1-13(25)22-17-8-4-15(5-9-17)20-18(11-24)23(19(26)12-27-20)10-14-2-6-16(21)7-3-14/h2-9,18,20,24H,10-12H2,1H3,(H,22,25)/t18-,20-/m1/s1. The molecule has 1 heterocycles. The Morgan fingerprint density at radius 3 is 2.48 bits per heavy atom. The number of aliphatic hydroxyl groups is 1. The van der Waals surface area contributed by atoms with Crippen LogP contribution in [-0.4, -0.2) is 41.1 Å². The van der Waals surface area contributed by atoms with Crippen molar-refractivity contribution in [3.05, 3.63) is 65.5 Å². The third kappa shape index (κ3) is 4.50. The van der Waals surface area contributed by atoms with Crippen LogP contribution in [0.4, 0.5) is 10.1 Å². The highest BCUT2D eigenvalue weighted by atomic mass is 19.1. The van der Waals surface area contributed by atoms with E-state index in [1.807, 2.05) is 0 Å². The monoisotopic (exact) mass is 372 g/mol. The molecule has 1 saturated heterocycles. The van der Waals surface area contributed by atoms with E-state index in [1.165, 1.54) is 19.1 Å². The van der Waals surface area contributed by atoms with Crippen molar-refractivity contribution < 1.29 is 23.8 Å². The molecule has 1 fully saturated rings. The summed E-state index contributed by atoms with van der Waals surface area (Å²) in [6.45, 7) is 1.31. The topological polar surface area (TPSA) is 78.9 Å². The van der Waals surface area contributed by atoms with E-state index >= 15 is 0 Å². The average Bonchev–Trinajstić information content (AvgIpc) is 2.65. The zero-order valence-corrected chi connectivity index (χ0v) is 14.9. The number of rotatable bonds is 5. The molecule has 2 atom stereocenters. The second-order valence-corrected chi connectivity index (χ2v) is 6.43. The van der Waals surface area contributed by atoms with Crippen LogP contribution in [0.2, 0.25) is 0 Å². The summed E-state index contributed by atoms with van der Waals surface area (Å²) >= 11 is 0. The zero-order valence-electron chi connectivity index (χ0n) is 14.9. The van der Waals surface area contributed by atoms with Crippen molar-refractivity contribution in [2.45, 2.75) is 25.6 Å². The molecule has 1 aliphatic rings. The van der Waals surface area contributed by atoms with E-state index in [2.05, 4.69) is 5.32 Å². The van der Waals surface area contributed by atoms with Crippen LogP contribution in [0, 0.1) is 5.82 Å². The molecule has 0 unspecified atom stereocenters. The van der Waals surface area contributed by atoms with Crippen LogP contribution in [0.25, 0.3) is 0 Å². The minimum absolute atomic E-state index is 0.101. The quantitative estimate of drug-likeness (QED) is 0.844. The normalized spacial score (nSPS) is 19.8. The lowest BCUT2D eigenvalue weighted by atomic mass is 9.98. The molecular weight excluding hydrogens is 351 g/mol. The number of halogens is 1. The lowest BCUT2D eigenvalue weighted by Crippen LogP contribution is -2.52. The molecule has 0 bridgehead atoms. The van der Waals surface area contributed by atoms with Crippen LogP contribution < -0.4 is 5.32 Å². The third-order valence-electron chi connectivity index (χ3n) is 4.47. The fourth-order valence-corrected chi connectivity index (χ4v) is 3.17. The van der Waals surface area contributed by atoms with Gasteiger partial charge >= 0.3 is 0 Å². The molecule has 0 spiro atoms. The number of carbonyl (C=O) groups is 2. The molecule has 2 N–H and O–H groups in total. The number of hydrogen-bond acceptors (Lipinski definition) is 4. The number of nitrogens with one attached hydrogen (secondary N) is 1. The Morgan fingerprint density at radius 2 is 1.89 bits per heavy atom. The smallest absolute Gasteiger partial charge is 0.249 e. The Morgan fingerprint density at radius 1 is 1.22 bits per heavy atom. The van der Waals surface area contributed by atoms with Gasteiger partial charge in [-0.1, -0.05) is 24.3 Å². The molecule has 0 aliphatic carbocycles. The van der Waals surface area contributed by atoms with Gasteiger partial charge in [-0.2, -0.15) is 0 Å². The first kappa shape index (κ1) is 19.0. The summed E-state index contributed by atoms with van der Waals surface area (Å²) < 4.78 is 18.8. The maximum atomic E-state index is 13.1. The van der Waals surface area contributed by atoms with Gasteiger partial charge in [0.15, 0.2) is 0 Å². The van der Waals surface area contributed by atoms with Gasteiger partial charge in [-0.3, -0.25) is 9.59 Å². The Balaban J connectivity index is 1.80. The molecule has 0 radical (unpaired) electrons. The van der Waals surface area contributed by atoms with Crippen molar-refractivity contribution in [2.75, 3.05) is 18.5 Å². The molecule has 3 rings (SSSR count). The van der Waals surface area contributed by atoms with Gasteiger partial charge in [-0.15, -0.1) is 0 Å². The average molecular weight is 372 g/mol. The van der Waals surface area contributed by atoms with Crippen molar-refractivity contribution in [3.63, 3.8) is 0 Å². The number of carbonyl (C=O) groups excluding carboxylic acids is 2. The summed E-state index contributed by atoms with van der Waals surface area (Å²) in [5.41, 5.74) is 2.21. The van der Waals surface area contributed by atoms with Crippen molar-refractivity contribution >= 4 is 17.5 Å². The van der Waals surface area contributed by atoms with Gasteiger partial charge in [0, 0.05) is 19.2 Å². The Kier molecular flexibility index (Phi) is 5.83. The predicted molar refractivity (Wildman–Crippen MR) is 97.3 cm³/mol. The Labute approximate surface area is 156 Å². The fraction of sp³-hybridized carbons (Fsp3) is 0.300. The number of hydrogen-bond donors (Lipinski definition) is 2. The number of nitrogens with zero attached hydrogens (tertiary/aromatic N) is 1. The van der Waals surface area contributed by atoms with E-state index in [0.717, 1.165) is 11.1 Å². The molecule has 0 saturated carbocycles. The second-order valence-electron chi connectivity index (χ2n) is 6.43. The van der Waals surface area contributed by atoms with Crippen molar-refractivity contribution in [1.29, 1.82) is 0 Å². The number of aliphatic hydroxyl groups excluding tert-OH is 1. The molecule has 27 heavy (non-hydrogen) atoms. The number of benzene rings is 2. The van der Waals surface area contributed by atoms with Crippen LogP contribution in [0.15, 0.2) is 48.5 Å². The van der Waals surface area contributed by atoms with E-state index in [0.29, 0.717) is 5.69 Å². The minimum atomic E-state index is -0.567. The molecule has 7 heteroatoms. The Hall–Kier alpha value is -2.77. The number of anilines is 1. The summed E-state index contributed by atoms with van der Waals surface area (Å²) in [4.78, 5) is 25.0. The third-order valence-corrected chi connectivity index (χ3v) is 4.47. The van der Waals surface area contributed by atoms with Crippen molar-refractivity contribution in [2.24, 2.45) is 0 Å². The second kappa shape index (κ2) is 8.28. The van der Waals surface area contributed by atoms with Gasteiger partial charge in [-0.25, -0.2) is 4.39 Å². The van der Waals surface area contributed by atoms with Gasteiger partial charge < -0.3 is 20.1 Å². The molecule has 2 aromatic rings. The highest BCUT2D eigenvalue weighted by molar-refractivity contribution is 5.88. The number of morpholine rings is 1. The van der Waals surface area contributed by atoms with Gasteiger partial charge in [0.2, 0.25) is 11.8 Å². The summed E-state index contributed by atoms with van der Waals surface area (Å²) in [7, 11) is 0. The molecule has 1 aliphatic heterocycles. The highest BCUT2D eigenvalue weighted by Gasteiger charge is 2.37. The highest BCUT2D eigenvalue weighted by Crippen LogP contribution is 2.31. The summed E-state index contributed by atoms with van der Waals surface area (Å²) in [6.07, 6.45) is -0.500. The summed E-state index contributed by atoms with van der Waals surface area (Å²) in [5, 5.41) is 12.6. The van der Waals surface area contributed by atoms with E-state index in [4.69, 9.17) is 4.74 Å². The summed E-state index contributed by atoms with van der Waals surface area (Å²) in [6, 6.07) is 12.4. The van der Waals surface area contributed by atoms with Crippen molar-refractivity contribution in [3.8, 4) is 0 Å². The van der Waals surface area contributed by atoms with Gasteiger partial charge in [0.05, 0.1) is 12.6 Å². The molecule has 2 aromatic carbocycles. The lowest BCUT2D eigenvalue weighted by Gasteiger charge is -2.40. The van der Waals surface area contributed by atoms with Crippen molar-refractivity contribution in [1.82, 2.24) is 4.90 Å². The van der Waals surface area contributed by atoms with E-state index in [-0.39, 0.29) is 37.4 Å². The van der Waals surface area contributed by atoms with Crippen LogP contribution in [0.5, 0.6) is 0 Å². The fourth-order valence-electron chi connectivity index (χ4n) is 3.17. The Bertz CT molecular complexity index is 808. The maximum Gasteiger partial charge on any atom is 0.249 e. The van der Waals surface area contributed by atoms with Crippen LogP contribution >= 0.6 is 0 Å². The largest absolute Gasteiger partial charge is 0.394 e. The van der Waals surface area contributed by atoms with E-state index in [1.54, 1.807) is 41.3 Å². The van der Waals surface area contributed by atoms with Gasteiger partial charge in [0.1, 0.15) is 18.5 Å². The molecular formula is C20H21FN2O4. The van der Waals surface area contributed by atoms with Gasteiger partial charge in [-0.05, 0) is 35.4 Å². The van der Waals surface area contributed by atoms with Crippen LogP contribution in [-0.2, 0) is 20.9 Å². The first-order chi connectivity index (χ1) is 13.0.